The van der Waals surface area contributed by atoms with E-state index in [-0.39, 0.29) is 11.3 Å². The van der Waals surface area contributed by atoms with Gasteiger partial charge in [-0.25, -0.2) is 5.43 Å². The zero-order valence-corrected chi connectivity index (χ0v) is 10.7. The summed E-state index contributed by atoms with van der Waals surface area (Å²) in [6.07, 6.45) is 1.49. The quantitative estimate of drug-likeness (QED) is 0.671. The lowest BCUT2D eigenvalue weighted by Crippen LogP contribution is -2.17. The second-order valence-corrected chi connectivity index (χ2v) is 5.10. The molecule has 18 heavy (non-hydrogen) atoms. The largest absolute Gasteiger partial charge is 0.507 e. The maximum Gasteiger partial charge on any atom is 0.275 e. The number of hydrogen-bond acceptors (Lipinski definition) is 4. The van der Waals surface area contributed by atoms with Crippen molar-refractivity contribution in [1.29, 1.82) is 0 Å². The fourth-order valence-electron chi connectivity index (χ4n) is 1.28. The van der Waals surface area contributed by atoms with E-state index in [1.165, 1.54) is 29.7 Å². The Bertz CT molecular complexity index is 595. The van der Waals surface area contributed by atoms with E-state index < -0.39 is 5.91 Å². The Balaban J connectivity index is 2.01. The van der Waals surface area contributed by atoms with Crippen LogP contribution in [0.3, 0.4) is 0 Å². The van der Waals surface area contributed by atoms with Gasteiger partial charge in [0.25, 0.3) is 5.91 Å². The Morgan fingerprint density at radius 3 is 2.78 bits per heavy atom. The fraction of sp³-hybridized carbons (Fsp3) is 0. The highest BCUT2D eigenvalue weighted by atomic mass is 35.5. The number of carbonyl (C=O) groups excluding carboxylic acids is 1. The van der Waals surface area contributed by atoms with Gasteiger partial charge in [0.2, 0.25) is 0 Å². The van der Waals surface area contributed by atoms with Gasteiger partial charge in [-0.2, -0.15) is 5.10 Å². The Labute approximate surface area is 113 Å². The summed E-state index contributed by atoms with van der Waals surface area (Å²) in [5.41, 5.74) is 2.51. The molecule has 0 atom stereocenters. The van der Waals surface area contributed by atoms with Gasteiger partial charge in [0, 0.05) is 4.88 Å². The average molecular weight is 281 g/mol. The predicted octanol–water partition coefficient (Wildman–Crippen LogP) is 2.87. The Morgan fingerprint density at radius 2 is 2.11 bits per heavy atom. The van der Waals surface area contributed by atoms with Crippen LogP contribution in [0.1, 0.15) is 15.2 Å². The van der Waals surface area contributed by atoms with Crippen molar-refractivity contribution in [2.45, 2.75) is 0 Å². The third-order valence-electron chi connectivity index (χ3n) is 2.10. The average Bonchev–Trinajstić information content (AvgIpc) is 2.75. The summed E-state index contributed by atoms with van der Waals surface area (Å²) in [7, 11) is 0. The third kappa shape index (κ3) is 3.09. The van der Waals surface area contributed by atoms with E-state index in [1.54, 1.807) is 24.3 Å². The third-order valence-corrected chi connectivity index (χ3v) is 3.27. The highest BCUT2D eigenvalue weighted by molar-refractivity contribution is 7.17. The van der Waals surface area contributed by atoms with Crippen molar-refractivity contribution in [3.05, 3.63) is 51.2 Å². The van der Waals surface area contributed by atoms with Crippen LogP contribution in [0.2, 0.25) is 4.34 Å². The second kappa shape index (κ2) is 5.66. The second-order valence-electron chi connectivity index (χ2n) is 3.36. The van der Waals surface area contributed by atoms with E-state index in [9.17, 15) is 9.90 Å². The van der Waals surface area contributed by atoms with Crippen LogP contribution in [-0.4, -0.2) is 17.2 Å². The van der Waals surface area contributed by atoms with Crippen LogP contribution in [0.5, 0.6) is 5.75 Å². The number of hydrogen-bond donors (Lipinski definition) is 2. The number of para-hydroxylation sites is 1. The molecule has 1 heterocycles. The molecule has 1 aromatic heterocycles. The van der Waals surface area contributed by atoms with Gasteiger partial charge in [0.1, 0.15) is 5.75 Å². The van der Waals surface area contributed by atoms with Gasteiger partial charge in [-0.3, -0.25) is 4.79 Å². The highest BCUT2D eigenvalue weighted by Crippen LogP contribution is 2.19. The predicted molar refractivity (Wildman–Crippen MR) is 72.5 cm³/mol. The number of hydrazone groups is 1. The summed E-state index contributed by atoms with van der Waals surface area (Å²) in [5.74, 6) is -0.545. The molecule has 0 aliphatic heterocycles. The van der Waals surface area contributed by atoms with Gasteiger partial charge >= 0.3 is 0 Å². The zero-order valence-electron chi connectivity index (χ0n) is 9.13. The molecule has 4 nitrogen and oxygen atoms in total. The van der Waals surface area contributed by atoms with Crippen LogP contribution >= 0.6 is 22.9 Å². The molecule has 0 bridgehead atoms. The van der Waals surface area contributed by atoms with E-state index in [2.05, 4.69) is 10.5 Å². The lowest BCUT2D eigenvalue weighted by molar-refractivity contribution is 0.0952. The molecule has 92 valence electrons. The van der Waals surface area contributed by atoms with Gasteiger partial charge in [0.15, 0.2) is 0 Å². The first-order valence-electron chi connectivity index (χ1n) is 5.03. The number of nitrogens with one attached hydrogen (secondary N) is 1. The molecule has 0 unspecified atom stereocenters. The standard InChI is InChI=1S/C12H9ClN2O2S/c13-11-6-5-8(18-11)7-14-15-12(17)9-3-1-2-4-10(9)16/h1-7,16H,(H,15,17). The van der Waals surface area contributed by atoms with Crippen LogP contribution in [0.15, 0.2) is 41.5 Å². The van der Waals surface area contributed by atoms with Crippen LogP contribution in [-0.2, 0) is 0 Å². The molecule has 1 aromatic carbocycles. The van der Waals surface area contributed by atoms with Crippen LogP contribution < -0.4 is 5.43 Å². The number of amides is 1. The molecule has 2 rings (SSSR count). The number of aromatic hydroxyl groups is 1. The molecule has 1 amide bonds. The molecule has 0 aliphatic rings. The molecule has 2 N–H and O–H groups in total. The number of halogens is 1. The maximum atomic E-state index is 11.7. The molecular weight excluding hydrogens is 272 g/mol. The molecule has 0 saturated heterocycles. The minimum absolute atomic E-state index is 0.0793. The Kier molecular flexibility index (Phi) is 3.96. The van der Waals surface area contributed by atoms with Crippen LogP contribution in [0, 0.1) is 0 Å². The van der Waals surface area contributed by atoms with Crippen molar-refractivity contribution < 1.29 is 9.90 Å². The molecule has 0 radical (unpaired) electrons. The van der Waals surface area contributed by atoms with Crippen LogP contribution in [0.25, 0.3) is 0 Å². The molecule has 0 fully saturated rings. The smallest absolute Gasteiger partial charge is 0.275 e. The summed E-state index contributed by atoms with van der Waals surface area (Å²) < 4.78 is 0.656. The Hall–Kier alpha value is -1.85. The monoisotopic (exact) mass is 280 g/mol. The number of nitrogens with zero attached hydrogens (tertiary/aromatic N) is 1. The van der Waals surface area contributed by atoms with Crippen molar-refractivity contribution in [3.8, 4) is 5.75 Å². The summed E-state index contributed by atoms with van der Waals surface area (Å²) >= 11 is 7.11. The van der Waals surface area contributed by atoms with E-state index >= 15 is 0 Å². The molecule has 0 saturated carbocycles. The minimum atomic E-state index is -0.466. The van der Waals surface area contributed by atoms with Gasteiger partial charge < -0.3 is 5.11 Å². The first-order chi connectivity index (χ1) is 8.66. The number of carbonyl (C=O) groups is 1. The van der Waals surface area contributed by atoms with Crippen molar-refractivity contribution in [3.63, 3.8) is 0 Å². The van der Waals surface area contributed by atoms with Gasteiger partial charge in [0.05, 0.1) is 16.1 Å². The van der Waals surface area contributed by atoms with E-state index in [1.807, 2.05) is 0 Å². The van der Waals surface area contributed by atoms with Crippen molar-refractivity contribution in [1.82, 2.24) is 5.43 Å². The van der Waals surface area contributed by atoms with Crippen LogP contribution in [0.4, 0.5) is 0 Å². The zero-order chi connectivity index (χ0) is 13.0. The lowest BCUT2D eigenvalue weighted by Gasteiger charge is -2.01. The topological polar surface area (TPSA) is 61.7 Å². The SMILES string of the molecule is O=C(NN=Cc1ccc(Cl)s1)c1ccccc1O. The van der Waals surface area contributed by atoms with Gasteiger partial charge in [-0.05, 0) is 24.3 Å². The summed E-state index contributed by atoms with van der Waals surface area (Å²) in [4.78, 5) is 12.5. The first-order valence-corrected chi connectivity index (χ1v) is 6.23. The fourth-order valence-corrected chi connectivity index (χ4v) is 2.21. The van der Waals surface area contributed by atoms with Crippen molar-refractivity contribution in [2.24, 2.45) is 5.10 Å². The number of phenolic OH excluding ortho intramolecular Hbond substituents is 1. The molecule has 2 aromatic rings. The number of rotatable bonds is 3. The van der Waals surface area contributed by atoms with E-state index in [0.717, 1.165) is 4.88 Å². The maximum absolute atomic E-state index is 11.7. The Morgan fingerprint density at radius 1 is 1.33 bits per heavy atom. The lowest BCUT2D eigenvalue weighted by atomic mass is 10.2. The van der Waals surface area contributed by atoms with E-state index in [4.69, 9.17) is 11.6 Å². The number of benzene rings is 1. The normalized spacial score (nSPS) is 10.7. The van der Waals surface area contributed by atoms with Crippen molar-refractivity contribution >= 4 is 35.1 Å². The minimum Gasteiger partial charge on any atom is -0.507 e. The molecule has 0 spiro atoms. The summed E-state index contributed by atoms with van der Waals surface area (Å²) in [6.45, 7) is 0. The van der Waals surface area contributed by atoms with Crippen molar-refractivity contribution in [2.75, 3.05) is 0 Å². The highest BCUT2D eigenvalue weighted by Gasteiger charge is 2.08. The first kappa shape index (κ1) is 12.6. The summed E-state index contributed by atoms with van der Waals surface area (Å²) in [5, 5.41) is 13.3. The molecule has 6 heteroatoms. The van der Waals surface area contributed by atoms with E-state index in [0.29, 0.717) is 4.34 Å². The number of phenols is 1. The van der Waals surface area contributed by atoms with Gasteiger partial charge in [-0.15, -0.1) is 11.3 Å². The summed E-state index contributed by atoms with van der Waals surface area (Å²) in [6, 6.07) is 9.81. The van der Waals surface area contributed by atoms with Gasteiger partial charge in [-0.1, -0.05) is 23.7 Å². The molecular formula is C12H9ClN2O2S. The number of thiophene rings is 1. The molecule has 0 aliphatic carbocycles.